The standard InChI is InChI=1S/C13H14N4O2S2/c1-17(9-10-4-6-15-7-5-10)21(18,19)11-2-3-12(13(14)20)16-8-11/h2-8H,9H2,1H3,(H2,14,20). The second-order valence-corrected chi connectivity index (χ2v) is 6.84. The molecule has 0 bridgehead atoms. The number of hydrogen-bond acceptors (Lipinski definition) is 5. The molecule has 0 radical (unpaired) electrons. The van der Waals surface area contributed by atoms with E-state index >= 15 is 0 Å². The molecule has 6 nitrogen and oxygen atoms in total. The highest BCUT2D eigenvalue weighted by Crippen LogP contribution is 2.16. The highest BCUT2D eigenvalue weighted by Gasteiger charge is 2.21. The number of nitrogens with two attached hydrogens (primary N) is 1. The van der Waals surface area contributed by atoms with Crippen molar-refractivity contribution in [3.8, 4) is 0 Å². The van der Waals surface area contributed by atoms with Gasteiger partial charge in [-0.1, -0.05) is 12.2 Å². The van der Waals surface area contributed by atoms with Crippen molar-refractivity contribution >= 4 is 27.2 Å². The predicted molar refractivity (Wildman–Crippen MR) is 83.0 cm³/mol. The molecule has 0 unspecified atom stereocenters. The van der Waals surface area contributed by atoms with E-state index in [2.05, 4.69) is 9.97 Å². The van der Waals surface area contributed by atoms with Crippen LogP contribution in [0.5, 0.6) is 0 Å². The number of aromatic nitrogens is 2. The average Bonchev–Trinajstić information content (AvgIpc) is 2.48. The molecule has 0 aliphatic carbocycles. The van der Waals surface area contributed by atoms with E-state index in [4.69, 9.17) is 18.0 Å². The molecular formula is C13H14N4O2S2. The largest absolute Gasteiger partial charge is 0.388 e. The minimum atomic E-state index is -3.61. The molecule has 21 heavy (non-hydrogen) atoms. The Bertz CT molecular complexity index is 731. The number of thiocarbonyl (C=S) groups is 1. The molecule has 2 heterocycles. The Kier molecular flexibility index (Phi) is 4.61. The number of nitrogens with zero attached hydrogens (tertiary/aromatic N) is 3. The minimum absolute atomic E-state index is 0.0963. The van der Waals surface area contributed by atoms with Gasteiger partial charge in [0.2, 0.25) is 10.0 Å². The van der Waals surface area contributed by atoms with Gasteiger partial charge >= 0.3 is 0 Å². The lowest BCUT2D eigenvalue weighted by Gasteiger charge is -2.17. The van der Waals surface area contributed by atoms with Crippen molar-refractivity contribution in [2.75, 3.05) is 7.05 Å². The third-order valence-electron chi connectivity index (χ3n) is 2.85. The van der Waals surface area contributed by atoms with E-state index in [0.717, 1.165) is 5.56 Å². The molecule has 0 saturated carbocycles. The third-order valence-corrected chi connectivity index (χ3v) is 4.85. The zero-order valence-corrected chi connectivity index (χ0v) is 12.9. The molecule has 0 amide bonds. The average molecular weight is 322 g/mol. The first kappa shape index (κ1) is 15.5. The number of rotatable bonds is 5. The second-order valence-electron chi connectivity index (χ2n) is 4.36. The number of sulfonamides is 1. The molecule has 0 fully saturated rings. The molecule has 110 valence electrons. The van der Waals surface area contributed by atoms with Crippen LogP contribution in [0.3, 0.4) is 0 Å². The monoisotopic (exact) mass is 322 g/mol. The molecule has 2 rings (SSSR count). The van der Waals surface area contributed by atoms with Crippen molar-refractivity contribution in [2.24, 2.45) is 5.73 Å². The van der Waals surface area contributed by atoms with Gasteiger partial charge in [-0.05, 0) is 29.8 Å². The quantitative estimate of drug-likeness (QED) is 0.824. The molecule has 0 aliphatic rings. The van der Waals surface area contributed by atoms with Gasteiger partial charge in [-0.3, -0.25) is 9.97 Å². The van der Waals surface area contributed by atoms with E-state index in [0.29, 0.717) is 5.69 Å². The van der Waals surface area contributed by atoms with Crippen molar-refractivity contribution < 1.29 is 8.42 Å². The van der Waals surface area contributed by atoms with Crippen LogP contribution >= 0.6 is 12.2 Å². The summed E-state index contributed by atoms with van der Waals surface area (Å²) in [4.78, 5) is 8.07. The Labute approximate surface area is 128 Å². The van der Waals surface area contributed by atoms with Crippen molar-refractivity contribution in [1.29, 1.82) is 0 Å². The number of hydrogen-bond donors (Lipinski definition) is 1. The lowest BCUT2D eigenvalue weighted by atomic mass is 10.3. The van der Waals surface area contributed by atoms with Gasteiger partial charge < -0.3 is 5.73 Å². The van der Waals surface area contributed by atoms with Gasteiger partial charge in [0.15, 0.2) is 0 Å². The van der Waals surface area contributed by atoms with Crippen LogP contribution in [0.4, 0.5) is 0 Å². The van der Waals surface area contributed by atoms with Gasteiger partial charge in [0, 0.05) is 32.2 Å². The maximum Gasteiger partial charge on any atom is 0.244 e. The molecule has 2 N–H and O–H groups in total. The number of pyridine rings is 2. The highest BCUT2D eigenvalue weighted by molar-refractivity contribution is 7.89. The predicted octanol–water partition coefficient (Wildman–Crippen LogP) is 0.932. The Balaban J connectivity index is 2.22. The van der Waals surface area contributed by atoms with Gasteiger partial charge in [0.05, 0.1) is 5.69 Å². The highest BCUT2D eigenvalue weighted by atomic mass is 32.2. The molecule has 2 aromatic heterocycles. The van der Waals surface area contributed by atoms with Crippen LogP contribution in [0.25, 0.3) is 0 Å². The third kappa shape index (κ3) is 3.60. The summed E-state index contributed by atoms with van der Waals surface area (Å²) >= 11 is 4.79. The van der Waals surface area contributed by atoms with E-state index in [1.807, 2.05) is 0 Å². The van der Waals surface area contributed by atoms with Crippen molar-refractivity contribution in [1.82, 2.24) is 14.3 Å². The van der Waals surface area contributed by atoms with E-state index in [9.17, 15) is 8.42 Å². The lowest BCUT2D eigenvalue weighted by Crippen LogP contribution is -2.26. The van der Waals surface area contributed by atoms with Crippen LogP contribution in [0.1, 0.15) is 11.3 Å². The molecule has 8 heteroatoms. The summed E-state index contributed by atoms with van der Waals surface area (Å²) in [7, 11) is -2.10. The fourth-order valence-electron chi connectivity index (χ4n) is 1.69. The summed E-state index contributed by atoms with van der Waals surface area (Å²) in [6, 6.07) is 6.47. The molecule has 0 spiro atoms. The summed E-state index contributed by atoms with van der Waals surface area (Å²) in [6.07, 6.45) is 4.50. The van der Waals surface area contributed by atoms with E-state index < -0.39 is 10.0 Å². The van der Waals surface area contributed by atoms with E-state index in [1.165, 1.54) is 29.7 Å². The molecule has 0 aliphatic heterocycles. The van der Waals surface area contributed by atoms with Crippen molar-refractivity contribution in [2.45, 2.75) is 11.4 Å². The summed E-state index contributed by atoms with van der Waals surface area (Å²) in [5.74, 6) is 0. The zero-order valence-electron chi connectivity index (χ0n) is 11.3. The Morgan fingerprint density at radius 2 is 1.95 bits per heavy atom. The van der Waals surface area contributed by atoms with Crippen LogP contribution in [-0.4, -0.2) is 34.7 Å². The van der Waals surface area contributed by atoms with Gasteiger partial charge in [-0.15, -0.1) is 0 Å². The van der Waals surface area contributed by atoms with Crippen LogP contribution < -0.4 is 5.73 Å². The Hall–Kier alpha value is -1.90. The van der Waals surface area contributed by atoms with E-state index in [-0.39, 0.29) is 16.4 Å². The topological polar surface area (TPSA) is 89.2 Å². The Morgan fingerprint density at radius 1 is 1.29 bits per heavy atom. The zero-order chi connectivity index (χ0) is 15.5. The van der Waals surface area contributed by atoms with Gasteiger partial charge in [0.25, 0.3) is 0 Å². The minimum Gasteiger partial charge on any atom is -0.388 e. The van der Waals surface area contributed by atoms with E-state index in [1.54, 1.807) is 24.5 Å². The smallest absolute Gasteiger partial charge is 0.244 e. The summed E-state index contributed by atoms with van der Waals surface area (Å²) < 4.78 is 26.1. The second kappa shape index (κ2) is 6.25. The lowest BCUT2D eigenvalue weighted by molar-refractivity contribution is 0.466. The maximum absolute atomic E-state index is 12.4. The molecule has 0 aromatic carbocycles. The summed E-state index contributed by atoms with van der Waals surface area (Å²) in [5, 5.41) is 0. The van der Waals surface area contributed by atoms with Crippen LogP contribution in [0.2, 0.25) is 0 Å². The van der Waals surface area contributed by atoms with Gasteiger partial charge in [-0.25, -0.2) is 8.42 Å². The van der Waals surface area contributed by atoms with Crippen LogP contribution in [-0.2, 0) is 16.6 Å². The normalized spacial score (nSPS) is 11.5. The fraction of sp³-hybridized carbons (Fsp3) is 0.154. The van der Waals surface area contributed by atoms with Crippen molar-refractivity contribution in [3.63, 3.8) is 0 Å². The molecule has 2 aromatic rings. The van der Waals surface area contributed by atoms with Crippen molar-refractivity contribution in [3.05, 3.63) is 54.1 Å². The van der Waals surface area contributed by atoms with Crippen LogP contribution in [0, 0.1) is 0 Å². The Morgan fingerprint density at radius 3 is 2.48 bits per heavy atom. The SMILES string of the molecule is CN(Cc1ccncc1)S(=O)(=O)c1ccc(C(N)=S)nc1. The first-order valence-electron chi connectivity index (χ1n) is 6.02. The maximum atomic E-state index is 12.4. The summed E-state index contributed by atoms with van der Waals surface area (Å²) in [5.41, 5.74) is 6.68. The fourth-order valence-corrected chi connectivity index (χ4v) is 2.91. The summed E-state index contributed by atoms with van der Waals surface area (Å²) in [6.45, 7) is 0.252. The molecular weight excluding hydrogens is 308 g/mol. The van der Waals surface area contributed by atoms with Gasteiger partial charge in [-0.2, -0.15) is 4.31 Å². The molecule has 0 atom stereocenters. The first-order chi connectivity index (χ1) is 9.91. The first-order valence-corrected chi connectivity index (χ1v) is 7.87. The van der Waals surface area contributed by atoms with Crippen LogP contribution in [0.15, 0.2) is 47.8 Å². The van der Waals surface area contributed by atoms with Gasteiger partial charge in [0.1, 0.15) is 9.88 Å². The molecule has 0 saturated heterocycles.